The summed E-state index contributed by atoms with van der Waals surface area (Å²) in [6, 6.07) is 10.1. The smallest absolute Gasteiger partial charge is 0.0496 e. The Hall–Kier alpha value is -1.26. The lowest BCUT2D eigenvalue weighted by molar-refractivity contribution is 0.0870. The first kappa shape index (κ1) is 12.2. The van der Waals surface area contributed by atoms with Crippen LogP contribution in [0.25, 0.3) is 0 Å². The van der Waals surface area contributed by atoms with Crippen molar-refractivity contribution in [1.29, 1.82) is 0 Å². The Morgan fingerprint density at radius 3 is 2.41 bits per heavy atom. The lowest BCUT2D eigenvalue weighted by Gasteiger charge is -2.33. The van der Waals surface area contributed by atoms with Crippen molar-refractivity contribution < 1.29 is 5.11 Å². The van der Waals surface area contributed by atoms with Crippen molar-refractivity contribution in [3.05, 3.63) is 35.9 Å². The molecule has 1 aromatic rings. The maximum atomic E-state index is 9.57. The van der Waals surface area contributed by atoms with Crippen LogP contribution in [0.3, 0.4) is 0 Å². The maximum absolute atomic E-state index is 9.57. The molecule has 0 unspecified atom stereocenters. The molecule has 0 spiro atoms. The molecule has 1 aromatic carbocycles. The van der Waals surface area contributed by atoms with Gasteiger partial charge in [-0.05, 0) is 25.0 Å². The quantitative estimate of drug-likeness (QED) is 0.769. The minimum Gasteiger partial charge on any atom is -0.396 e. The topological polar surface area (TPSA) is 20.2 Å². The molecule has 1 N–H and O–H groups in total. The summed E-state index contributed by atoms with van der Waals surface area (Å²) in [5, 5.41) is 9.57. The minimum absolute atomic E-state index is 0.0834. The van der Waals surface area contributed by atoms with Crippen molar-refractivity contribution in [2.75, 3.05) is 6.61 Å². The van der Waals surface area contributed by atoms with E-state index in [2.05, 4.69) is 11.8 Å². The van der Waals surface area contributed by atoms with Crippen molar-refractivity contribution in [1.82, 2.24) is 0 Å². The lowest BCUT2D eigenvalue weighted by atomic mass is 9.72. The summed E-state index contributed by atoms with van der Waals surface area (Å²) in [5.41, 5.74) is 1.15. The number of rotatable bonds is 2. The van der Waals surface area contributed by atoms with E-state index in [1.54, 1.807) is 0 Å². The van der Waals surface area contributed by atoms with E-state index in [9.17, 15) is 5.11 Å². The van der Waals surface area contributed by atoms with Gasteiger partial charge in [-0.15, -0.1) is 0 Å². The molecule has 1 nitrogen and oxygen atoms in total. The molecule has 0 aromatic heterocycles. The molecule has 2 rings (SSSR count). The molecule has 1 aliphatic carbocycles. The van der Waals surface area contributed by atoms with E-state index in [4.69, 9.17) is 0 Å². The van der Waals surface area contributed by atoms with E-state index >= 15 is 0 Å². The first-order chi connectivity index (χ1) is 8.35. The van der Waals surface area contributed by atoms with E-state index in [0.717, 1.165) is 24.8 Å². The fourth-order valence-corrected chi connectivity index (χ4v) is 2.55. The first-order valence-corrected chi connectivity index (χ1v) is 6.49. The van der Waals surface area contributed by atoms with Gasteiger partial charge in [-0.1, -0.05) is 49.3 Å². The zero-order valence-electron chi connectivity index (χ0n) is 10.3. The fourth-order valence-electron chi connectivity index (χ4n) is 2.55. The van der Waals surface area contributed by atoms with Crippen LogP contribution in [0.1, 0.15) is 44.1 Å². The molecule has 0 heterocycles. The van der Waals surface area contributed by atoms with Crippen LogP contribution in [0.5, 0.6) is 0 Å². The zero-order valence-corrected chi connectivity index (χ0v) is 10.3. The molecular formula is C16H20O. The Morgan fingerprint density at radius 2 is 1.76 bits per heavy atom. The van der Waals surface area contributed by atoms with Crippen LogP contribution in [0.2, 0.25) is 0 Å². The van der Waals surface area contributed by atoms with Gasteiger partial charge >= 0.3 is 0 Å². The minimum atomic E-state index is 0.0834. The number of aliphatic hydroxyl groups excluding tert-OH is 1. The van der Waals surface area contributed by atoms with Crippen LogP contribution in [0.4, 0.5) is 0 Å². The average Bonchev–Trinajstić information content (AvgIpc) is 2.41. The second-order valence-electron chi connectivity index (χ2n) is 5.06. The molecule has 0 amide bonds. The summed E-state index contributed by atoms with van der Waals surface area (Å²) in [7, 11) is 0. The Labute approximate surface area is 104 Å². The highest BCUT2D eigenvalue weighted by Crippen LogP contribution is 2.38. The third-order valence-corrected chi connectivity index (χ3v) is 3.72. The van der Waals surface area contributed by atoms with Gasteiger partial charge in [0, 0.05) is 24.0 Å². The second-order valence-corrected chi connectivity index (χ2v) is 5.06. The van der Waals surface area contributed by atoms with Crippen molar-refractivity contribution >= 4 is 0 Å². The van der Waals surface area contributed by atoms with E-state index in [1.165, 1.54) is 19.3 Å². The summed E-state index contributed by atoms with van der Waals surface area (Å²) >= 11 is 0. The van der Waals surface area contributed by atoms with Crippen molar-refractivity contribution in [2.45, 2.75) is 38.5 Å². The van der Waals surface area contributed by atoms with Gasteiger partial charge in [-0.2, -0.15) is 0 Å². The Kier molecular flexibility index (Phi) is 4.23. The van der Waals surface area contributed by atoms with Crippen LogP contribution in [0.15, 0.2) is 30.3 Å². The van der Waals surface area contributed by atoms with Gasteiger partial charge in [0.2, 0.25) is 0 Å². The third kappa shape index (κ3) is 3.35. The standard InChI is InChI=1S/C16H20O/c17-14-16(11-5-2-6-12-16)13-7-10-15-8-3-1-4-9-15/h1,3-4,8-9,17H,2,5-6,11-14H2. The molecule has 0 atom stereocenters. The monoisotopic (exact) mass is 228 g/mol. The molecule has 1 fully saturated rings. The second kappa shape index (κ2) is 5.89. The summed E-state index contributed by atoms with van der Waals surface area (Å²) in [6.07, 6.45) is 6.90. The molecule has 0 bridgehead atoms. The molecule has 1 aliphatic rings. The molecule has 0 aliphatic heterocycles. The molecule has 1 heteroatoms. The molecular weight excluding hydrogens is 208 g/mol. The lowest BCUT2D eigenvalue weighted by Crippen LogP contribution is -2.27. The van der Waals surface area contributed by atoms with Crippen LogP contribution >= 0.6 is 0 Å². The molecule has 90 valence electrons. The fraction of sp³-hybridized carbons (Fsp3) is 0.500. The van der Waals surface area contributed by atoms with Crippen molar-refractivity contribution in [2.24, 2.45) is 5.41 Å². The molecule has 0 saturated heterocycles. The van der Waals surface area contributed by atoms with Crippen LogP contribution in [0, 0.1) is 17.3 Å². The van der Waals surface area contributed by atoms with E-state index in [1.807, 2.05) is 30.3 Å². The van der Waals surface area contributed by atoms with E-state index < -0.39 is 0 Å². The van der Waals surface area contributed by atoms with Gasteiger partial charge in [-0.25, -0.2) is 0 Å². The highest BCUT2D eigenvalue weighted by atomic mass is 16.3. The van der Waals surface area contributed by atoms with Gasteiger partial charge in [0.1, 0.15) is 0 Å². The Bertz CT molecular complexity index is 391. The number of hydrogen-bond donors (Lipinski definition) is 1. The zero-order chi connectivity index (χ0) is 12.0. The summed E-state index contributed by atoms with van der Waals surface area (Å²) < 4.78 is 0. The Balaban J connectivity index is 1.98. The normalized spacial score (nSPS) is 18.2. The molecule has 17 heavy (non-hydrogen) atoms. The predicted molar refractivity (Wildman–Crippen MR) is 70.5 cm³/mol. The predicted octanol–water partition coefficient (Wildman–Crippen LogP) is 3.37. The Morgan fingerprint density at radius 1 is 1.06 bits per heavy atom. The molecule has 0 radical (unpaired) electrons. The van der Waals surface area contributed by atoms with Crippen molar-refractivity contribution in [3.63, 3.8) is 0 Å². The molecule has 1 saturated carbocycles. The highest BCUT2D eigenvalue weighted by molar-refractivity contribution is 5.33. The van der Waals surface area contributed by atoms with Gasteiger partial charge in [0.25, 0.3) is 0 Å². The van der Waals surface area contributed by atoms with Crippen molar-refractivity contribution in [3.8, 4) is 11.8 Å². The highest BCUT2D eigenvalue weighted by Gasteiger charge is 2.30. The summed E-state index contributed by atoms with van der Waals surface area (Å²) in [5.74, 6) is 6.44. The number of benzene rings is 1. The summed E-state index contributed by atoms with van der Waals surface area (Å²) in [6.45, 7) is 0.288. The SMILES string of the molecule is OCC1(CC#Cc2ccccc2)CCCCC1. The average molecular weight is 228 g/mol. The number of aliphatic hydroxyl groups is 1. The maximum Gasteiger partial charge on any atom is 0.0496 e. The van der Waals surface area contributed by atoms with E-state index in [-0.39, 0.29) is 12.0 Å². The van der Waals surface area contributed by atoms with Crippen LogP contribution < -0.4 is 0 Å². The van der Waals surface area contributed by atoms with Gasteiger partial charge in [-0.3, -0.25) is 0 Å². The third-order valence-electron chi connectivity index (χ3n) is 3.72. The van der Waals surface area contributed by atoms with Crippen LogP contribution in [-0.2, 0) is 0 Å². The van der Waals surface area contributed by atoms with Gasteiger partial charge < -0.3 is 5.11 Å². The van der Waals surface area contributed by atoms with E-state index in [0.29, 0.717) is 0 Å². The van der Waals surface area contributed by atoms with Crippen LogP contribution in [-0.4, -0.2) is 11.7 Å². The van der Waals surface area contributed by atoms with Gasteiger partial charge in [0.05, 0.1) is 0 Å². The van der Waals surface area contributed by atoms with Gasteiger partial charge in [0.15, 0.2) is 0 Å². The summed E-state index contributed by atoms with van der Waals surface area (Å²) in [4.78, 5) is 0. The number of hydrogen-bond acceptors (Lipinski definition) is 1. The first-order valence-electron chi connectivity index (χ1n) is 6.49. The largest absolute Gasteiger partial charge is 0.396 e.